The molecule has 6 nitrogen and oxygen atoms in total. The van der Waals surface area contributed by atoms with Crippen molar-refractivity contribution in [2.75, 3.05) is 32.8 Å². The molecule has 152 valence electrons. The molecule has 1 amide bonds. The topological polar surface area (TPSA) is 85.0 Å². The number of amides is 1. The van der Waals surface area contributed by atoms with Gasteiger partial charge in [-0.2, -0.15) is 0 Å². The fourth-order valence-corrected chi connectivity index (χ4v) is 2.86. The van der Waals surface area contributed by atoms with E-state index in [0.29, 0.717) is 12.3 Å². The fourth-order valence-electron chi connectivity index (χ4n) is 2.86. The summed E-state index contributed by atoms with van der Waals surface area (Å²) < 4.78 is 10.9. The van der Waals surface area contributed by atoms with Crippen molar-refractivity contribution in [1.29, 1.82) is 0 Å². The summed E-state index contributed by atoms with van der Waals surface area (Å²) in [7, 11) is 0. The van der Waals surface area contributed by atoms with Crippen LogP contribution in [0.1, 0.15) is 18.9 Å². The summed E-state index contributed by atoms with van der Waals surface area (Å²) in [5.41, 5.74) is 6.24. The predicted molar refractivity (Wildman–Crippen MR) is 110 cm³/mol. The van der Waals surface area contributed by atoms with E-state index in [0.717, 1.165) is 31.7 Å². The van der Waals surface area contributed by atoms with Crippen molar-refractivity contribution in [2.45, 2.75) is 25.9 Å². The minimum atomic E-state index is -0.545. The Kier molecular flexibility index (Phi) is 9.31. The van der Waals surface area contributed by atoms with Crippen molar-refractivity contribution >= 4 is 5.91 Å². The third kappa shape index (κ3) is 8.41. The summed E-state index contributed by atoms with van der Waals surface area (Å²) >= 11 is 0. The molecule has 0 fully saturated rings. The van der Waals surface area contributed by atoms with Gasteiger partial charge in [-0.05, 0) is 49.2 Å². The van der Waals surface area contributed by atoms with Crippen LogP contribution in [0.25, 0.3) is 0 Å². The second-order valence-corrected chi connectivity index (χ2v) is 6.73. The van der Waals surface area contributed by atoms with Gasteiger partial charge in [0.2, 0.25) is 0 Å². The zero-order valence-electron chi connectivity index (χ0n) is 16.4. The van der Waals surface area contributed by atoms with Crippen molar-refractivity contribution in [1.82, 2.24) is 4.90 Å². The lowest BCUT2D eigenvalue weighted by Crippen LogP contribution is -2.37. The maximum absolute atomic E-state index is 10.8. The highest BCUT2D eigenvalue weighted by atomic mass is 16.5. The largest absolute Gasteiger partial charge is 0.491 e. The molecule has 2 rings (SSSR count). The monoisotopic (exact) mass is 386 g/mol. The number of hydrogen-bond donors (Lipinski definition) is 2. The lowest BCUT2D eigenvalue weighted by molar-refractivity contribution is -0.119. The second-order valence-electron chi connectivity index (χ2n) is 6.73. The maximum atomic E-state index is 10.8. The van der Waals surface area contributed by atoms with Gasteiger partial charge in [0.25, 0.3) is 5.91 Å². The molecule has 0 spiro atoms. The normalized spacial score (nSPS) is 12.0. The lowest BCUT2D eigenvalue weighted by atomic mass is 10.1. The van der Waals surface area contributed by atoms with Crippen molar-refractivity contribution in [3.8, 4) is 11.5 Å². The Labute approximate surface area is 166 Å². The minimum absolute atomic E-state index is 0.118. The van der Waals surface area contributed by atoms with E-state index in [4.69, 9.17) is 15.2 Å². The van der Waals surface area contributed by atoms with E-state index >= 15 is 0 Å². The summed E-state index contributed by atoms with van der Waals surface area (Å²) in [4.78, 5) is 13.0. The van der Waals surface area contributed by atoms with E-state index in [1.54, 1.807) is 0 Å². The Bertz CT molecular complexity index is 691. The fraction of sp³-hybridized carbons (Fsp3) is 0.409. The SMILES string of the molecule is CCCN(CCc1ccc(OCC(N)=O)cc1)CC(O)COc1ccccc1. The zero-order valence-corrected chi connectivity index (χ0v) is 16.4. The zero-order chi connectivity index (χ0) is 20.2. The number of carbonyl (C=O) groups is 1. The number of benzene rings is 2. The quantitative estimate of drug-likeness (QED) is 0.552. The molecule has 0 saturated heterocycles. The molecule has 1 atom stereocenters. The van der Waals surface area contributed by atoms with E-state index in [2.05, 4.69) is 11.8 Å². The van der Waals surface area contributed by atoms with Crippen LogP contribution in [0.4, 0.5) is 0 Å². The van der Waals surface area contributed by atoms with Crippen molar-refractivity contribution in [3.63, 3.8) is 0 Å². The molecule has 3 N–H and O–H groups in total. The summed E-state index contributed by atoms with van der Waals surface area (Å²) in [6.45, 7) is 4.62. The van der Waals surface area contributed by atoms with Gasteiger partial charge in [0, 0.05) is 13.1 Å². The molecule has 0 radical (unpaired) electrons. The average molecular weight is 386 g/mol. The summed E-state index contributed by atoms with van der Waals surface area (Å²) in [5.74, 6) is 0.901. The number of ether oxygens (including phenoxy) is 2. The number of aliphatic hydroxyl groups excluding tert-OH is 1. The van der Waals surface area contributed by atoms with E-state index < -0.39 is 12.0 Å². The first-order valence-corrected chi connectivity index (χ1v) is 9.65. The van der Waals surface area contributed by atoms with Crippen LogP contribution in [-0.2, 0) is 11.2 Å². The van der Waals surface area contributed by atoms with Crippen molar-refractivity contribution in [3.05, 3.63) is 60.2 Å². The Morgan fingerprint density at radius 3 is 2.36 bits per heavy atom. The van der Waals surface area contributed by atoms with Gasteiger partial charge in [0.15, 0.2) is 6.61 Å². The van der Waals surface area contributed by atoms with Crippen LogP contribution in [0.3, 0.4) is 0 Å². The molecule has 0 saturated carbocycles. The van der Waals surface area contributed by atoms with Crippen molar-refractivity contribution in [2.24, 2.45) is 5.73 Å². The van der Waals surface area contributed by atoms with E-state index in [9.17, 15) is 9.90 Å². The van der Waals surface area contributed by atoms with Crippen molar-refractivity contribution < 1.29 is 19.4 Å². The molecule has 0 bridgehead atoms. The molecule has 0 aliphatic rings. The predicted octanol–water partition coefficient (Wildman–Crippen LogP) is 2.25. The number of nitrogens with zero attached hydrogens (tertiary/aromatic N) is 1. The van der Waals surface area contributed by atoms with Gasteiger partial charge in [0.05, 0.1) is 0 Å². The highest BCUT2D eigenvalue weighted by Crippen LogP contribution is 2.13. The van der Waals surface area contributed by atoms with E-state index in [-0.39, 0.29) is 13.2 Å². The maximum Gasteiger partial charge on any atom is 0.255 e. The number of nitrogens with two attached hydrogens (primary N) is 1. The van der Waals surface area contributed by atoms with Gasteiger partial charge in [0.1, 0.15) is 24.2 Å². The molecular formula is C22H30N2O4. The Morgan fingerprint density at radius 1 is 1.04 bits per heavy atom. The van der Waals surface area contributed by atoms with Gasteiger partial charge >= 0.3 is 0 Å². The first-order valence-electron chi connectivity index (χ1n) is 9.65. The van der Waals surface area contributed by atoms with Gasteiger partial charge < -0.3 is 25.2 Å². The standard InChI is InChI=1S/C22H30N2O4/c1-2-13-24(15-19(25)16-27-20-6-4-3-5-7-20)14-12-18-8-10-21(11-9-18)28-17-22(23)26/h3-11,19,25H,2,12-17H2,1H3,(H2,23,26). The van der Waals surface area contributed by atoms with Crippen LogP contribution in [0.5, 0.6) is 11.5 Å². The molecule has 6 heteroatoms. The first-order chi connectivity index (χ1) is 13.6. The number of aliphatic hydroxyl groups is 1. The second kappa shape index (κ2) is 12.0. The number of rotatable bonds is 13. The smallest absolute Gasteiger partial charge is 0.255 e. The molecule has 28 heavy (non-hydrogen) atoms. The molecule has 0 aromatic heterocycles. The van der Waals surface area contributed by atoms with Crippen LogP contribution in [0, 0.1) is 0 Å². The van der Waals surface area contributed by atoms with Crippen LogP contribution < -0.4 is 15.2 Å². The summed E-state index contributed by atoms with van der Waals surface area (Å²) in [5, 5.41) is 10.3. The molecule has 2 aromatic rings. The highest BCUT2D eigenvalue weighted by molar-refractivity contribution is 5.75. The Balaban J connectivity index is 1.77. The van der Waals surface area contributed by atoms with Gasteiger partial charge in [-0.3, -0.25) is 4.79 Å². The van der Waals surface area contributed by atoms with Crippen LogP contribution in [0.15, 0.2) is 54.6 Å². The van der Waals surface area contributed by atoms with Gasteiger partial charge in [-0.15, -0.1) is 0 Å². The molecule has 0 heterocycles. The molecule has 2 aromatic carbocycles. The van der Waals surface area contributed by atoms with E-state index in [1.807, 2.05) is 54.6 Å². The van der Waals surface area contributed by atoms with E-state index in [1.165, 1.54) is 5.56 Å². The highest BCUT2D eigenvalue weighted by Gasteiger charge is 2.12. The number of carbonyl (C=O) groups excluding carboxylic acids is 1. The first kappa shape index (κ1) is 21.7. The van der Waals surface area contributed by atoms with Gasteiger partial charge in [-0.25, -0.2) is 0 Å². The minimum Gasteiger partial charge on any atom is -0.491 e. The summed E-state index contributed by atoms with van der Waals surface area (Å²) in [6.07, 6.45) is 1.34. The third-order valence-corrected chi connectivity index (χ3v) is 4.22. The van der Waals surface area contributed by atoms with Crippen LogP contribution >= 0.6 is 0 Å². The third-order valence-electron chi connectivity index (χ3n) is 4.22. The lowest BCUT2D eigenvalue weighted by Gasteiger charge is -2.24. The van der Waals surface area contributed by atoms with Crippen LogP contribution in [-0.4, -0.2) is 54.9 Å². The van der Waals surface area contributed by atoms with Crippen LogP contribution in [0.2, 0.25) is 0 Å². The summed E-state index contributed by atoms with van der Waals surface area (Å²) in [6, 6.07) is 17.2. The number of para-hydroxylation sites is 1. The van der Waals surface area contributed by atoms with Gasteiger partial charge in [-0.1, -0.05) is 37.3 Å². The molecule has 0 aliphatic carbocycles. The molecule has 0 aliphatic heterocycles. The average Bonchev–Trinajstić information content (AvgIpc) is 2.70. The number of primary amides is 1. The Hall–Kier alpha value is -2.57. The number of hydrogen-bond acceptors (Lipinski definition) is 5. The molecule has 1 unspecified atom stereocenters. The molecular weight excluding hydrogens is 356 g/mol. The Morgan fingerprint density at radius 2 is 1.71 bits per heavy atom.